The summed E-state index contributed by atoms with van der Waals surface area (Å²) in [6, 6.07) is 3.32. The summed E-state index contributed by atoms with van der Waals surface area (Å²) in [6.07, 6.45) is 6.97. The first kappa shape index (κ1) is 15.0. The van der Waals surface area contributed by atoms with Gasteiger partial charge in [0.1, 0.15) is 6.04 Å². The van der Waals surface area contributed by atoms with E-state index >= 15 is 0 Å². The van der Waals surface area contributed by atoms with Crippen LogP contribution in [-0.4, -0.2) is 46.9 Å². The maximum atomic E-state index is 12.5. The molecule has 22 heavy (non-hydrogen) atoms. The summed E-state index contributed by atoms with van der Waals surface area (Å²) in [4.78, 5) is 30.6. The second-order valence-electron chi connectivity index (χ2n) is 5.91. The molecule has 0 spiro atoms. The second-order valence-corrected chi connectivity index (χ2v) is 5.91. The summed E-state index contributed by atoms with van der Waals surface area (Å²) in [7, 11) is 0. The third-order valence-corrected chi connectivity index (χ3v) is 4.41. The normalized spacial score (nSPS) is 24.5. The third kappa shape index (κ3) is 3.27. The fourth-order valence-corrected chi connectivity index (χ4v) is 3.21. The molecule has 2 atom stereocenters. The van der Waals surface area contributed by atoms with Gasteiger partial charge in [0.2, 0.25) is 11.8 Å². The van der Waals surface area contributed by atoms with Crippen molar-refractivity contribution in [1.29, 1.82) is 0 Å². The Morgan fingerprint density at radius 1 is 1.27 bits per heavy atom. The molecule has 2 aliphatic heterocycles. The molecule has 1 aromatic rings. The molecular formula is C16H22N4O2. The van der Waals surface area contributed by atoms with Gasteiger partial charge in [0.25, 0.3) is 0 Å². The molecule has 0 saturated carbocycles. The zero-order valence-electron chi connectivity index (χ0n) is 12.6. The number of carbonyl (C=O) groups excluding carboxylic acids is 2. The Balaban J connectivity index is 1.57. The molecule has 118 valence electrons. The maximum Gasteiger partial charge on any atom is 0.243 e. The van der Waals surface area contributed by atoms with Crippen molar-refractivity contribution in [3.8, 4) is 0 Å². The first-order valence-corrected chi connectivity index (χ1v) is 7.96. The van der Waals surface area contributed by atoms with Gasteiger partial charge in [-0.1, -0.05) is 0 Å². The Hall–Kier alpha value is -1.95. The first-order chi connectivity index (χ1) is 10.8. The molecule has 2 N–H and O–H groups in total. The lowest BCUT2D eigenvalue weighted by atomic mass is 10.1. The Morgan fingerprint density at radius 2 is 2.09 bits per heavy atom. The average Bonchev–Trinajstić information content (AvgIpc) is 3.24. The minimum absolute atomic E-state index is 0.0549. The van der Waals surface area contributed by atoms with E-state index in [0.717, 1.165) is 37.8 Å². The van der Waals surface area contributed by atoms with Gasteiger partial charge in [0, 0.05) is 25.5 Å². The highest BCUT2D eigenvalue weighted by Crippen LogP contribution is 2.20. The number of amides is 2. The largest absolute Gasteiger partial charge is 0.350 e. The maximum absolute atomic E-state index is 12.5. The molecule has 1 aromatic heterocycles. The summed E-state index contributed by atoms with van der Waals surface area (Å²) in [5, 5.41) is 6.16. The number of nitrogens with zero attached hydrogens (tertiary/aromatic N) is 2. The zero-order valence-corrected chi connectivity index (χ0v) is 12.6. The number of pyridine rings is 1. The molecule has 0 aliphatic carbocycles. The van der Waals surface area contributed by atoms with Gasteiger partial charge in [-0.25, -0.2) is 0 Å². The molecule has 0 radical (unpaired) electrons. The fourth-order valence-electron chi connectivity index (χ4n) is 3.21. The predicted octanol–water partition coefficient (Wildman–Crippen LogP) is 0.441. The summed E-state index contributed by atoms with van der Waals surface area (Å²) >= 11 is 0. The van der Waals surface area contributed by atoms with Crippen LogP contribution in [0.15, 0.2) is 24.5 Å². The molecule has 6 nitrogen and oxygen atoms in total. The lowest BCUT2D eigenvalue weighted by molar-refractivity contribution is -0.139. The van der Waals surface area contributed by atoms with Crippen LogP contribution in [0.3, 0.4) is 0 Å². The molecule has 2 amide bonds. The molecular weight excluding hydrogens is 280 g/mol. The predicted molar refractivity (Wildman–Crippen MR) is 81.8 cm³/mol. The van der Waals surface area contributed by atoms with Crippen LogP contribution in [0.25, 0.3) is 0 Å². The van der Waals surface area contributed by atoms with Crippen LogP contribution in [0.2, 0.25) is 0 Å². The summed E-state index contributed by atoms with van der Waals surface area (Å²) in [5.41, 5.74) is 1.01. The highest BCUT2D eigenvalue weighted by molar-refractivity contribution is 5.90. The monoisotopic (exact) mass is 302 g/mol. The van der Waals surface area contributed by atoms with Crippen molar-refractivity contribution in [3.63, 3.8) is 0 Å². The van der Waals surface area contributed by atoms with Crippen molar-refractivity contribution < 1.29 is 9.59 Å². The molecule has 2 fully saturated rings. The highest BCUT2D eigenvalue weighted by Gasteiger charge is 2.37. The van der Waals surface area contributed by atoms with E-state index in [1.165, 1.54) is 0 Å². The lowest BCUT2D eigenvalue weighted by Gasteiger charge is -2.26. The SMILES string of the molecule is O=C(NCc1ccncc1)[C@@H]1CCCN1C(=O)[C@@H]1CCCN1. The Kier molecular flexibility index (Phi) is 4.68. The Morgan fingerprint density at radius 3 is 2.82 bits per heavy atom. The van der Waals surface area contributed by atoms with Crippen LogP contribution < -0.4 is 10.6 Å². The van der Waals surface area contributed by atoms with Crippen molar-refractivity contribution in [3.05, 3.63) is 30.1 Å². The van der Waals surface area contributed by atoms with Crippen LogP contribution in [0.1, 0.15) is 31.2 Å². The van der Waals surface area contributed by atoms with Gasteiger partial charge in [-0.3, -0.25) is 14.6 Å². The van der Waals surface area contributed by atoms with Gasteiger partial charge < -0.3 is 15.5 Å². The van der Waals surface area contributed by atoms with Crippen LogP contribution in [0.4, 0.5) is 0 Å². The van der Waals surface area contributed by atoms with Crippen LogP contribution in [0.5, 0.6) is 0 Å². The van der Waals surface area contributed by atoms with Crippen LogP contribution in [0, 0.1) is 0 Å². The number of likely N-dealkylation sites (tertiary alicyclic amines) is 1. The van der Waals surface area contributed by atoms with E-state index < -0.39 is 0 Å². The highest BCUT2D eigenvalue weighted by atomic mass is 16.2. The summed E-state index contributed by atoms with van der Waals surface area (Å²) < 4.78 is 0. The van der Waals surface area contributed by atoms with Crippen molar-refractivity contribution >= 4 is 11.8 Å². The van der Waals surface area contributed by atoms with Crippen molar-refractivity contribution in [1.82, 2.24) is 20.5 Å². The Bertz CT molecular complexity index is 528. The number of rotatable bonds is 4. The molecule has 3 rings (SSSR count). The van der Waals surface area contributed by atoms with E-state index in [4.69, 9.17) is 0 Å². The van der Waals surface area contributed by atoms with Crippen LogP contribution >= 0.6 is 0 Å². The molecule has 3 heterocycles. The van der Waals surface area contributed by atoms with E-state index in [-0.39, 0.29) is 23.9 Å². The minimum Gasteiger partial charge on any atom is -0.350 e. The molecule has 6 heteroatoms. The van der Waals surface area contributed by atoms with Gasteiger partial charge in [-0.15, -0.1) is 0 Å². The van der Waals surface area contributed by atoms with Gasteiger partial charge in [-0.05, 0) is 49.9 Å². The lowest BCUT2D eigenvalue weighted by Crippen LogP contribution is -2.50. The van der Waals surface area contributed by atoms with Crippen molar-refractivity contribution in [2.45, 2.75) is 44.3 Å². The van der Waals surface area contributed by atoms with Gasteiger partial charge in [-0.2, -0.15) is 0 Å². The third-order valence-electron chi connectivity index (χ3n) is 4.41. The van der Waals surface area contributed by atoms with Gasteiger partial charge in [0.15, 0.2) is 0 Å². The number of nitrogens with one attached hydrogen (secondary N) is 2. The number of hydrogen-bond acceptors (Lipinski definition) is 4. The topological polar surface area (TPSA) is 74.3 Å². The summed E-state index contributed by atoms with van der Waals surface area (Å²) in [6.45, 7) is 2.05. The van der Waals surface area contributed by atoms with Gasteiger partial charge >= 0.3 is 0 Å². The number of carbonyl (C=O) groups is 2. The quantitative estimate of drug-likeness (QED) is 0.846. The molecule has 0 aromatic carbocycles. The Labute approximate surface area is 130 Å². The fraction of sp³-hybridized carbons (Fsp3) is 0.562. The van der Waals surface area contributed by atoms with E-state index in [0.29, 0.717) is 13.1 Å². The van der Waals surface area contributed by atoms with E-state index in [2.05, 4.69) is 15.6 Å². The van der Waals surface area contributed by atoms with Crippen molar-refractivity contribution in [2.75, 3.05) is 13.1 Å². The van der Waals surface area contributed by atoms with E-state index in [1.54, 1.807) is 17.3 Å². The van der Waals surface area contributed by atoms with E-state index in [1.807, 2.05) is 12.1 Å². The number of aromatic nitrogens is 1. The molecule has 2 aliphatic rings. The standard InChI is InChI=1S/C16H22N4O2/c21-15(19-11-12-5-8-17-9-6-12)14-4-2-10-20(14)16(22)13-3-1-7-18-13/h5-6,8-9,13-14,18H,1-4,7,10-11H2,(H,19,21)/t13-,14-/m0/s1. The first-order valence-electron chi connectivity index (χ1n) is 7.96. The summed E-state index contributed by atoms with van der Waals surface area (Å²) in [5.74, 6) is 0.0275. The van der Waals surface area contributed by atoms with Gasteiger partial charge in [0.05, 0.1) is 6.04 Å². The molecule has 0 bridgehead atoms. The molecule has 2 saturated heterocycles. The van der Waals surface area contributed by atoms with Crippen LogP contribution in [-0.2, 0) is 16.1 Å². The minimum atomic E-state index is -0.322. The van der Waals surface area contributed by atoms with E-state index in [9.17, 15) is 9.59 Å². The zero-order chi connectivity index (χ0) is 15.4. The number of hydrogen-bond donors (Lipinski definition) is 2. The van der Waals surface area contributed by atoms with Crippen molar-refractivity contribution in [2.24, 2.45) is 0 Å². The average molecular weight is 302 g/mol. The smallest absolute Gasteiger partial charge is 0.243 e. The second kappa shape index (κ2) is 6.87. The molecule has 0 unspecified atom stereocenters.